The number of nitrogens with one attached hydrogen (secondary N) is 1. The highest BCUT2D eigenvalue weighted by Gasteiger charge is 2.22. The fourth-order valence-electron chi connectivity index (χ4n) is 2.36. The average Bonchev–Trinajstić information content (AvgIpc) is 2.54. The number of piperazine rings is 1. The molecule has 1 heterocycles. The summed E-state index contributed by atoms with van der Waals surface area (Å²) in [6.07, 6.45) is 1.44. The Morgan fingerprint density at radius 2 is 1.82 bits per heavy atom. The lowest BCUT2D eigenvalue weighted by molar-refractivity contribution is -0.136. The lowest BCUT2D eigenvalue weighted by Crippen LogP contribution is -2.49. The molecular formula is C16H20FN3O2. The minimum atomic E-state index is -0.286. The first kappa shape index (κ1) is 16.0. The van der Waals surface area contributed by atoms with Gasteiger partial charge >= 0.3 is 0 Å². The Labute approximate surface area is 129 Å². The van der Waals surface area contributed by atoms with E-state index in [1.165, 1.54) is 12.1 Å². The van der Waals surface area contributed by atoms with Crippen LogP contribution in [0.1, 0.15) is 6.42 Å². The molecule has 1 saturated heterocycles. The van der Waals surface area contributed by atoms with Crippen LogP contribution in [0.4, 0.5) is 10.1 Å². The summed E-state index contributed by atoms with van der Waals surface area (Å²) >= 11 is 0. The average molecular weight is 305 g/mol. The highest BCUT2D eigenvalue weighted by Crippen LogP contribution is 2.17. The van der Waals surface area contributed by atoms with Crippen molar-refractivity contribution in [3.8, 4) is 0 Å². The van der Waals surface area contributed by atoms with Crippen LogP contribution < -0.4 is 10.2 Å². The zero-order valence-electron chi connectivity index (χ0n) is 12.4. The molecule has 1 aromatic rings. The van der Waals surface area contributed by atoms with Crippen LogP contribution in [0.3, 0.4) is 0 Å². The highest BCUT2D eigenvalue weighted by atomic mass is 19.1. The van der Waals surface area contributed by atoms with E-state index in [1.54, 1.807) is 23.1 Å². The van der Waals surface area contributed by atoms with Gasteiger partial charge in [0.1, 0.15) is 12.2 Å². The summed E-state index contributed by atoms with van der Waals surface area (Å²) in [6.45, 7) is 6.34. The summed E-state index contributed by atoms with van der Waals surface area (Å²) < 4.78 is 12.9. The number of rotatable bonds is 5. The van der Waals surface area contributed by atoms with Gasteiger partial charge in [-0.1, -0.05) is 6.08 Å². The first-order valence-electron chi connectivity index (χ1n) is 7.26. The van der Waals surface area contributed by atoms with Gasteiger partial charge in [-0.05, 0) is 24.3 Å². The zero-order valence-corrected chi connectivity index (χ0v) is 12.4. The second kappa shape index (κ2) is 7.59. The van der Waals surface area contributed by atoms with Crippen LogP contribution in [0.25, 0.3) is 0 Å². The van der Waals surface area contributed by atoms with Crippen molar-refractivity contribution in [2.75, 3.05) is 37.6 Å². The first-order valence-corrected chi connectivity index (χ1v) is 7.26. The molecule has 1 N–H and O–H groups in total. The molecule has 6 heteroatoms. The Morgan fingerprint density at radius 1 is 1.18 bits per heavy atom. The second-order valence-corrected chi connectivity index (χ2v) is 5.11. The van der Waals surface area contributed by atoms with Gasteiger partial charge in [0, 0.05) is 38.4 Å². The van der Waals surface area contributed by atoms with Crippen molar-refractivity contribution in [2.45, 2.75) is 6.42 Å². The smallest absolute Gasteiger partial charge is 0.232 e. The number of anilines is 1. The number of benzene rings is 1. The number of nitrogens with zero attached hydrogens (tertiary/aromatic N) is 2. The van der Waals surface area contributed by atoms with Gasteiger partial charge < -0.3 is 15.1 Å². The van der Waals surface area contributed by atoms with Crippen molar-refractivity contribution in [1.29, 1.82) is 0 Å². The van der Waals surface area contributed by atoms with Crippen molar-refractivity contribution >= 4 is 17.5 Å². The monoisotopic (exact) mass is 305 g/mol. The van der Waals surface area contributed by atoms with Crippen molar-refractivity contribution in [2.24, 2.45) is 0 Å². The van der Waals surface area contributed by atoms with E-state index in [2.05, 4.69) is 16.8 Å². The molecule has 22 heavy (non-hydrogen) atoms. The third kappa shape index (κ3) is 4.31. The molecule has 0 unspecified atom stereocenters. The number of hydrogen-bond acceptors (Lipinski definition) is 3. The first-order chi connectivity index (χ1) is 10.6. The fraction of sp³-hybridized carbons (Fsp3) is 0.375. The topological polar surface area (TPSA) is 52.7 Å². The van der Waals surface area contributed by atoms with Gasteiger partial charge in [0.15, 0.2) is 0 Å². The van der Waals surface area contributed by atoms with E-state index in [9.17, 15) is 14.0 Å². The molecule has 1 aromatic carbocycles. The number of halogens is 1. The van der Waals surface area contributed by atoms with Gasteiger partial charge in [-0.15, -0.1) is 6.58 Å². The van der Waals surface area contributed by atoms with Crippen LogP contribution >= 0.6 is 0 Å². The third-order valence-electron chi connectivity index (χ3n) is 3.58. The summed E-state index contributed by atoms with van der Waals surface area (Å²) in [5.41, 5.74) is 0.942. The van der Waals surface area contributed by atoms with Gasteiger partial charge in [-0.3, -0.25) is 9.59 Å². The maximum atomic E-state index is 12.9. The summed E-state index contributed by atoms with van der Waals surface area (Å²) in [4.78, 5) is 27.3. The zero-order chi connectivity index (χ0) is 15.9. The Morgan fingerprint density at radius 3 is 2.41 bits per heavy atom. The highest BCUT2D eigenvalue weighted by molar-refractivity contribution is 5.97. The largest absolute Gasteiger partial charge is 0.368 e. The Bertz CT molecular complexity index is 537. The minimum absolute atomic E-state index is 0.135. The maximum absolute atomic E-state index is 12.9. The van der Waals surface area contributed by atoms with Gasteiger partial charge in [-0.2, -0.15) is 0 Å². The maximum Gasteiger partial charge on any atom is 0.232 e. The Balaban J connectivity index is 1.81. The number of carbonyl (C=O) groups excluding carboxylic acids is 2. The third-order valence-corrected chi connectivity index (χ3v) is 3.58. The van der Waals surface area contributed by atoms with E-state index in [-0.39, 0.29) is 24.1 Å². The molecule has 0 atom stereocenters. The second-order valence-electron chi connectivity index (χ2n) is 5.11. The van der Waals surface area contributed by atoms with Crippen molar-refractivity contribution in [1.82, 2.24) is 10.2 Å². The quantitative estimate of drug-likeness (QED) is 0.656. The molecular weight excluding hydrogens is 285 g/mol. The lowest BCUT2D eigenvalue weighted by Gasteiger charge is -2.36. The van der Waals surface area contributed by atoms with E-state index in [0.717, 1.165) is 5.69 Å². The standard InChI is InChI=1S/C16H20FN3O2/c1-2-7-18-15(21)12-16(22)20-10-8-19(9-11-20)14-5-3-13(17)4-6-14/h2-6H,1,7-12H2,(H,18,21). The summed E-state index contributed by atoms with van der Waals surface area (Å²) in [6, 6.07) is 6.32. The van der Waals surface area contributed by atoms with Crippen LogP contribution in [0.5, 0.6) is 0 Å². The Hall–Kier alpha value is -2.37. The van der Waals surface area contributed by atoms with Gasteiger partial charge in [0.2, 0.25) is 11.8 Å². The van der Waals surface area contributed by atoms with Crippen LogP contribution in [0, 0.1) is 5.82 Å². The van der Waals surface area contributed by atoms with Crippen LogP contribution in [-0.4, -0.2) is 49.4 Å². The van der Waals surface area contributed by atoms with E-state index in [0.29, 0.717) is 32.7 Å². The molecule has 0 radical (unpaired) electrons. The lowest BCUT2D eigenvalue weighted by atomic mass is 10.2. The summed E-state index contributed by atoms with van der Waals surface area (Å²) in [5.74, 6) is -0.714. The van der Waals surface area contributed by atoms with Gasteiger partial charge in [-0.25, -0.2) is 4.39 Å². The van der Waals surface area contributed by atoms with Crippen molar-refractivity contribution in [3.05, 3.63) is 42.7 Å². The van der Waals surface area contributed by atoms with Gasteiger partial charge in [0.25, 0.3) is 0 Å². The van der Waals surface area contributed by atoms with Crippen LogP contribution in [-0.2, 0) is 9.59 Å². The Kier molecular flexibility index (Phi) is 5.52. The molecule has 1 fully saturated rings. The van der Waals surface area contributed by atoms with E-state index in [4.69, 9.17) is 0 Å². The van der Waals surface area contributed by atoms with Gasteiger partial charge in [0.05, 0.1) is 0 Å². The predicted octanol–water partition coefficient (Wildman–Crippen LogP) is 1.17. The van der Waals surface area contributed by atoms with E-state index < -0.39 is 0 Å². The molecule has 5 nitrogen and oxygen atoms in total. The molecule has 2 rings (SSSR count). The van der Waals surface area contributed by atoms with Crippen LogP contribution in [0.2, 0.25) is 0 Å². The molecule has 2 amide bonds. The predicted molar refractivity (Wildman–Crippen MR) is 83.0 cm³/mol. The fourth-order valence-corrected chi connectivity index (χ4v) is 2.36. The van der Waals surface area contributed by atoms with Crippen molar-refractivity contribution in [3.63, 3.8) is 0 Å². The molecule has 0 saturated carbocycles. The molecule has 0 aromatic heterocycles. The molecule has 1 aliphatic heterocycles. The molecule has 1 aliphatic rings. The normalized spacial score (nSPS) is 14.6. The number of amides is 2. The van der Waals surface area contributed by atoms with E-state index >= 15 is 0 Å². The molecule has 0 aliphatic carbocycles. The summed E-state index contributed by atoms with van der Waals surface area (Å²) in [5, 5.41) is 2.59. The molecule has 118 valence electrons. The summed E-state index contributed by atoms with van der Waals surface area (Å²) in [7, 11) is 0. The number of carbonyl (C=O) groups is 2. The van der Waals surface area contributed by atoms with Crippen LogP contribution in [0.15, 0.2) is 36.9 Å². The number of hydrogen-bond donors (Lipinski definition) is 1. The molecule has 0 bridgehead atoms. The van der Waals surface area contributed by atoms with E-state index in [1.807, 2.05) is 0 Å². The minimum Gasteiger partial charge on any atom is -0.368 e. The van der Waals surface area contributed by atoms with Crippen molar-refractivity contribution < 1.29 is 14.0 Å². The molecule has 0 spiro atoms. The SMILES string of the molecule is C=CCNC(=O)CC(=O)N1CCN(c2ccc(F)cc2)CC1.